The van der Waals surface area contributed by atoms with Crippen molar-refractivity contribution in [2.24, 2.45) is 0 Å². The minimum atomic E-state index is -2.10. The van der Waals surface area contributed by atoms with Gasteiger partial charge in [-0.2, -0.15) is 23.5 Å². The number of ether oxygens (including phenoxy) is 8. The van der Waals surface area contributed by atoms with Crippen LogP contribution in [0, 0.1) is 23.7 Å². The highest BCUT2D eigenvalue weighted by Crippen LogP contribution is 2.47. The minimum Gasteiger partial charge on any atom is -0.453 e. The first kappa shape index (κ1) is 53.2. The second-order valence-electron chi connectivity index (χ2n) is 16.5. The Bertz CT molecular complexity index is 2000. The zero-order valence-corrected chi connectivity index (χ0v) is 41.6. The van der Waals surface area contributed by atoms with Crippen molar-refractivity contribution in [2.45, 2.75) is 142 Å². The molecule has 5 rings (SSSR count). The van der Waals surface area contributed by atoms with Gasteiger partial charge in [-0.1, -0.05) is 50.8 Å². The van der Waals surface area contributed by atoms with Gasteiger partial charge >= 0.3 is 6.09 Å². The summed E-state index contributed by atoms with van der Waals surface area (Å²) < 4.78 is 48.4. The molecule has 5 aliphatic rings. The van der Waals surface area contributed by atoms with Crippen LogP contribution in [0.1, 0.15) is 47.0 Å². The van der Waals surface area contributed by atoms with E-state index in [1.165, 1.54) is 35.7 Å². The number of rotatable bonds is 16. The highest BCUT2D eigenvalue weighted by molar-refractivity contribution is 8.56. The molecule has 64 heavy (non-hydrogen) atoms. The Balaban J connectivity index is 1.63. The Labute approximate surface area is 394 Å². The van der Waals surface area contributed by atoms with Gasteiger partial charge in [-0.05, 0) is 67.1 Å². The number of fused-ring (bicyclic) bond motifs is 2. The van der Waals surface area contributed by atoms with Crippen molar-refractivity contribution in [3.8, 4) is 23.7 Å². The largest absolute Gasteiger partial charge is 0.453 e. The smallest absolute Gasteiger partial charge is 0.411 e. The molecule has 3 saturated heterocycles. The van der Waals surface area contributed by atoms with Gasteiger partial charge in [-0.25, -0.2) is 4.79 Å². The number of hydrogen-bond donors (Lipinski definition) is 6. The summed E-state index contributed by atoms with van der Waals surface area (Å²) in [5.41, 5.74) is -2.35. The first-order chi connectivity index (χ1) is 30.2. The third kappa shape index (κ3) is 12.3. The minimum absolute atomic E-state index is 0.0562. The number of nitrogens with one attached hydrogen (secondary N) is 2. The van der Waals surface area contributed by atoms with Crippen molar-refractivity contribution in [3.05, 3.63) is 35.1 Å². The summed E-state index contributed by atoms with van der Waals surface area (Å²) in [5, 5.41) is 52.9. The van der Waals surface area contributed by atoms with Crippen LogP contribution in [-0.2, 0) is 72.2 Å². The summed E-state index contributed by atoms with van der Waals surface area (Å²) in [5.74, 6) is 10.8. The Morgan fingerprint density at radius 1 is 1.11 bits per heavy atom. The molecule has 0 aromatic carbocycles. The number of aliphatic hydroxyl groups is 4. The van der Waals surface area contributed by atoms with Gasteiger partial charge in [0.25, 0.3) is 0 Å². The van der Waals surface area contributed by atoms with Gasteiger partial charge in [0.1, 0.15) is 24.4 Å². The second-order valence-corrected chi connectivity index (χ2v) is 25.9. The Morgan fingerprint density at radius 3 is 2.44 bits per heavy atom. The van der Waals surface area contributed by atoms with Crippen LogP contribution in [0.15, 0.2) is 35.1 Å². The summed E-state index contributed by atoms with van der Waals surface area (Å²) in [7, 11) is 0.654. The fourth-order valence-electron chi connectivity index (χ4n) is 8.72. The topological polar surface area (TPSA) is 213 Å². The molecule has 358 valence electrons. The maximum atomic E-state index is 14.0. The van der Waals surface area contributed by atoms with Gasteiger partial charge in [0.2, 0.25) is 0 Å². The molecular formula is C43H62N2O14S5. The number of hydrogen-bond acceptors (Lipinski definition) is 19. The number of Topliss-reactive ketones (excluding diaryl/α,β-unsaturated/α-hetero) is 1. The number of aliphatic hydroxyl groups excluding tert-OH is 3. The molecule has 0 saturated carbocycles. The van der Waals surface area contributed by atoms with Crippen LogP contribution < -0.4 is 10.6 Å². The maximum absolute atomic E-state index is 14.0. The van der Waals surface area contributed by atoms with E-state index in [0.29, 0.717) is 0 Å². The molecule has 2 aliphatic carbocycles. The molecule has 6 N–H and O–H groups in total. The zero-order chi connectivity index (χ0) is 47.1. The molecule has 16 nitrogen and oxygen atoms in total. The number of alkyl carbamates (subject to hydrolysis) is 1. The number of carbonyl (C=O) groups is 2. The van der Waals surface area contributed by atoms with E-state index >= 15 is 0 Å². The summed E-state index contributed by atoms with van der Waals surface area (Å²) in [6.07, 6.45) is -2.94. The van der Waals surface area contributed by atoms with E-state index in [9.17, 15) is 30.0 Å². The number of carbonyl (C=O) groups excluding carboxylic acids is 2. The molecule has 3 aliphatic heterocycles. The predicted octanol–water partition coefficient (Wildman–Crippen LogP) is 1.22. The lowest BCUT2D eigenvalue weighted by atomic mass is 9.75. The third-order valence-electron chi connectivity index (χ3n) is 11.7. The van der Waals surface area contributed by atoms with Crippen molar-refractivity contribution < 1.29 is 67.9 Å². The van der Waals surface area contributed by atoms with E-state index in [1.807, 2.05) is 27.0 Å². The lowest BCUT2D eigenvalue weighted by Gasteiger charge is -2.54. The lowest BCUT2D eigenvalue weighted by Crippen LogP contribution is -2.71. The molecule has 3 heterocycles. The van der Waals surface area contributed by atoms with Crippen molar-refractivity contribution in [1.29, 1.82) is 0 Å². The normalized spacial score (nSPS) is 38.4. The van der Waals surface area contributed by atoms with Crippen LogP contribution in [0.2, 0.25) is 0 Å². The van der Waals surface area contributed by atoms with Crippen molar-refractivity contribution in [3.63, 3.8) is 0 Å². The van der Waals surface area contributed by atoms with E-state index < -0.39 is 97.9 Å². The van der Waals surface area contributed by atoms with Gasteiger partial charge in [0.05, 0.1) is 72.9 Å². The second kappa shape index (κ2) is 23.1. The van der Waals surface area contributed by atoms with E-state index in [1.54, 1.807) is 32.6 Å². The Hall–Kier alpha value is -1.71. The van der Waals surface area contributed by atoms with Crippen LogP contribution in [0.4, 0.5) is 4.79 Å². The van der Waals surface area contributed by atoms with Crippen molar-refractivity contribution in [1.82, 2.24) is 10.6 Å². The SMILES string of the molecule is COC(=O)NC1=C2/C(=C\CS(C)(=S)=S)C(O)(C#C/C=C\C#CC2O[C@@H]2O[C@H](C)[C@@](SC)(C(CO)O[C@H]3C[C@H](O)[C@H](SC)[C@@H](C)O3)[C@H](O)[C@H]2O[C@H]2C[C@H](OC)[C@@H](NC(C)C)CO2)CC1=O. The Kier molecular flexibility index (Phi) is 19.2. The molecule has 3 unspecified atom stereocenters. The number of amides is 1. The fraction of sp³-hybridized carbons (Fsp3) is 0.721. The summed E-state index contributed by atoms with van der Waals surface area (Å²) in [6.45, 7) is 7.15. The highest BCUT2D eigenvalue weighted by atomic mass is 33.1. The molecule has 1 amide bonds. The van der Waals surface area contributed by atoms with Crippen LogP contribution in [0.5, 0.6) is 0 Å². The average molecular weight is 991 g/mol. The molecule has 21 heteroatoms. The quantitative estimate of drug-likeness (QED) is 0.120. The van der Waals surface area contributed by atoms with Crippen LogP contribution in [0.3, 0.4) is 0 Å². The van der Waals surface area contributed by atoms with Gasteiger partial charge < -0.3 is 63.6 Å². The van der Waals surface area contributed by atoms with Gasteiger partial charge in [-0.3, -0.25) is 10.1 Å². The molecule has 0 aromatic rings. The molecule has 0 aromatic heterocycles. The van der Waals surface area contributed by atoms with Crippen LogP contribution in [0.25, 0.3) is 0 Å². The van der Waals surface area contributed by atoms with E-state index in [2.05, 4.69) is 34.3 Å². The monoisotopic (exact) mass is 990 g/mol. The first-order valence-electron chi connectivity index (χ1n) is 20.9. The Morgan fingerprint density at radius 2 is 1.83 bits per heavy atom. The van der Waals surface area contributed by atoms with Crippen molar-refractivity contribution >= 4 is 64.9 Å². The fourth-order valence-corrected chi connectivity index (χ4v) is 11.6. The molecule has 0 radical (unpaired) electrons. The van der Waals surface area contributed by atoms with Gasteiger partial charge in [0.15, 0.2) is 30.3 Å². The highest BCUT2D eigenvalue weighted by Gasteiger charge is 2.61. The van der Waals surface area contributed by atoms with E-state index in [0.717, 1.165) is 7.11 Å². The van der Waals surface area contributed by atoms with Crippen LogP contribution >= 0.6 is 23.5 Å². The van der Waals surface area contributed by atoms with Gasteiger partial charge in [-0.15, -0.1) is 0 Å². The molecule has 3 fully saturated rings. The average Bonchev–Trinajstić information content (AvgIpc) is 3.22. The molecular weight excluding hydrogens is 929 g/mol. The standard InChI is InChI=1S/C43H62N2O14S5/c1-23(2)44-27-22-54-33(19-31(27)52-5)59-37-39(49)43(63-8,32(21-46)58-34-18-28(47)38(62-7)24(3)55-34)25(4)56-40(37)57-30-14-12-10-11-13-16-42(51)20-29(48)36(45-41(50)53-6)35(30)26(42)15-17-64(9,60)61/h10-11,15,23-25,27-28,30-34,37-40,44,46-47,49,51H,17-22H2,1-9H3,(H,45,50)/b11-10-,26-15+/t24-,25-,27+,28+,30?,31+,32?,33+,34+,37-,38-,39-,40+,42?,43-/m1/s1. The molecule has 0 spiro atoms. The first-order valence-corrected chi connectivity index (χ1v) is 27.5. The summed E-state index contributed by atoms with van der Waals surface area (Å²) in [4.78, 5) is 26.9. The molecule has 2 bridgehead atoms. The van der Waals surface area contributed by atoms with Crippen LogP contribution in [-0.4, -0.2) is 180 Å². The number of allylic oxidation sites excluding steroid dienone is 3. The number of thioether (sulfide) groups is 2. The van der Waals surface area contributed by atoms with Gasteiger partial charge in [0, 0.05) is 42.9 Å². The third-order valence-corrected chi connectivity index (χ3v) is 16.1. The summed E-state index contributed by atoms with van der Waals surface area (Å²) >= 11 is 13.8. The summed E-state index contributed by atoms with van der Waals surface area (Å²) in [6, 6.07) is -0.0506. The maximum Gasteiger partial charge on any atom is 0.411 e. The van der Waals surface area contributed by atoms with E-state index in [4.69, 9.17) is 60.3 Å². The lowest BCUT2D eigenvalue weighted by molar-refractivity contribution is -0.338. The molecule has 15 atom stereocenters. The van der Waals surface area contributed by atoms with E-state index in [-0.39, 0.29) is 71.6 Å². The predicted molar refractivity (Wildman–Crippen MR) is 251 cm³/mol. The van der Waals surface area contributed by atoms with Crippen molar-refractivity contribution in [2.75, 3.05) is 52.0 Å². The number of methoxy groups -OCH3 is 2. The zero-order valence-electron chi connectivity index (χ0n) is 37.5. The number of ketones is 1.